The van der Waals surface area contributed by atoms with E-state index in [1.165, 1.54) is 4.31 Å². The van der Waals surface area contributed by atoms with Crippen molar-refractivity contribution in [1.82, 2.24) is 14.4 Å². The highest BCUT2D eigenvalue weighted by Crippen LogP contribution is 2.38. The van der Waals surface area contributed by atoms with Crippen LogP contribution in [0.25, 0.3) is 11.4 Å². The van der Waals surface area contributed by atoms with Gasteiger partial charge in [0.05, 0.1) is 4.90 Å². The van der Waals surface area contributed by atoms with E-state index in [-0.39, 0.29) is 4.90 Å². The summed E-state index contributed by atoms with van der Waals surface area (Å²) >= 11 is 6.14. The van der Waals surface area contributed by atoms with Crippen molar-refractivity contribution < 1.29 is 12.9 Å². The van der Waals surface area contributed by atoms with Crippen LogP contribution in [0.2, 0.25) is 5.02 Å². The van der Waals surface area contributed by atoms with E-state index < -0.39 is 16.1 Å². The molecule has 0 saturated carbocycles. The first-order valence-electron chi connectivity index (χ1n) is 9.05. The Bertz CT molecular complexity index is 1130. The van der Waals surface area contributed by atoms with Crippen molar-refractivity contribution in [2.24, 2.45) is 0 Å². The molecule has 1 atom stereocenters. The molecule has 1 unspecified atom stereocenters. The van der Waals surface area contributed by atoms with E-state index in [1.807, 2.05) is 31.2 Å². The minimum absolute atomic E-state index is 0.213. The van der Waals surface area contributed by atoms with Crippen LogP contribution in [0.1, 0.15) is 35.9 Å². The molecule has 4 rings (SSSR count). The average Bonchev–Trinajstić information content (AvgIpc) is 3.33. The Morgan fingerprint density at radius 2 is 1.96 bits per heavy atom. The van der Waals surface area contributed by atoms with Crippen LogP contribution in [0.15, 0.2) is 51.9 Å². The van der Waals surface area contributed by atoms with E-state index in [0.29, 0.717) is 35.3 Å². The molecule has 0 bridgehead atoms. The maximum atomic E-state index is 13.3. The van der Waals surface area contributed by atoms with E-state index in [0.717, 1.165) is 17.5 Å². The predicted octanol–water partition coefficient (Wildman–Crippen LogP) is 4.53. The lowest BCUT2D eigenvalue weighted by molar-refractivity contribution is 0.290. The lowest BCUT2D eigenvalue weighted by Crippen LogP contribution is -2.31. The third-order valence-corrected chi connectivity index (χ3v) is 7.47. The average molecular weight is 418 g/mol. The summed E-state index contributed by atoms with van der Waals surface area (Å²) in [4.78, 5) is 4.70. The lowest BCUT2D eigenvalue weighted by Gasteiger charge is -2.22. The summed E-state index contributed by atoms with van der Waals surface area (Å²) in [5.74, 6) is 0.777. The van der Waals surface area contributed by atoms with Crippen molar-refractivity contribution in [2.45, 2.75) is 37.6 Å². The molecule has 8 heteroatoms. The minimum Gasteiger partial charge on any atom is -0.337 e. The number of sulfonamides is 1. The Morgan fingerprint density at radius 3 is 2.75 bits per heavy atom. The maximum absolute atomic E-state index is 13.3. The number of hydrogen-bond acceptors (Lipinski definition) is 5. The van der Waals surface area contributed by atoms with E-state index in [9.17, 15) is 8.42 Å². The molecule has 28 heavy (non-hydrogen) atoms. The third-order valence-electron chi connectivity index (χ3n) is 5.01. The minimum atomic E-state index is -3.73. The van der Waals surface area contributed by atoms with E-state index >= 15 is 0 Å². The molecule has 146 valence electrons. The summed E-state index contributed by atoms with van der Waals surface area (Å²) in [5.41, 5.74) is 2.47. The topological polar surface area (TPSA) is 76.3 Å². The van der Waals surface area contributed by atoms with Crippen LogP contribution in [0.3, 0.4) is 0 Å². The molecule has 0 spiro atoms. The number of benzene rings is 2. The largest absolute Gasteiger partial charge is 0.337 e. The molecule has 1 saturated heterocycles. The third kappa shape index (κ3) is 3.34. The van der Waals surface area contributed by atoms with Crippen LogP contribution in [0.5, 0.6) is 0 Å². The molecule has 0 N–H and O–H groups in total. The molecule has 1 aromatic heterocycles. The zero-order chi connectivity index (χ0) is 19.9. The highest BCUT2D eigenvalue weighted by Gasteiger charge is 2.40. The highest BCUT2D eigenvalue weighted by molar-refractivity contribution is 7.89. The molecule has 0 aliphatic carbocycles. The van der Waals surface area contributed by atoms with Crippen molar-refractivity contribution >= 4 is 21.6 Å². The summed E-state index contributed by atoms with van der Waals surface area (Å²) in [7, 11) is -3.73. The number of halogens is 1. The highest BCUT2D eigenvalue weighted by atomic mass is 35.5. The molecule has 1 aliphatic heterocycles. The van der Waals surface area contributed by atoms with Crippen LogP contribution >= 0.6 is 11.6 Å². The van der Waals surface area contributed by atoms with E-state index in [2.05, 4.69) is 10.1 Å². The van der Waals surface area contributed by atoms with Crippen LogP contribution in [0, 0.1) is 13.8 Å². The van der Waals surface area contributed by atoms with Crippen LogP contribution in [0.4, 0.5) is 0 Å². The molecule has 1 aliphatic rings. The van der Waals surface area contributed by atoms with Gasteiger partial charge in [0.15, 0.2) is 0 Å². The van der Waals surface area contributed by atoms with Crippen LogP contribution in [-0.4, -0.2) is 29.4 Å². The first-order chi connectivity index (χ1) is 13.4. The summed E-state index contributed by atoms with van der Waals surface area (Å²) in [6.07, 6.45) is 1.36. The Balaban J connectivity index is 1.68. The van der Waals surface area contributed by atoms with Gasteiger partial charge < -0.3 is 4.52 Å². The molecule has 3 aromatic rings. The Kier molecular flexibility index (Phi) is 4.99. The Labute approximate surface area is 169 Å². The first-order valence-corrected chi connectivity index (χ1v) is 10.9. The van der Waals surface area contributed by atoms with Crippen molar-refractivity contribution in [3.8, 4) is 11.4 Å². The zero-order valence-corrected chi connectivity index (χ0v) is 17.2. The number of rotatable bonds is 4. The second-order valence-corrected chi connectivity index (χ2v) is 9.23. The molecule has 0 radical (unpaired) electrons. The van der Waals surface area contributed by atoms with Crippen LogP contribution < -0.4 is 0 Å². The van der Waals surface area contributed by atoms with Gasteiger partial charge in [0.1, 0.15) is 6.04 Å². The van der Waals surface area contributed by atoms with Gasteiger partial charge in [0.2, 0.25) is 21.7 Å². The van der Waals surface area contributed by atoms with E-state index in [1.54, 1.807) is 25.1 Å². The van der Waals surface area contributed by atoms with Crippen molar-refractivity contribution in [1.29, 1.82) is 0 Å². The standard InChI is InChI=1S/C20H20ClN3O3S/c1-13-6-3-7-15(12-13)19-22-20(27-23-19)17-9-5-11-24(17)28(25,26)18-10-4-8-16(21)14(18)2/h3-4,6-8,10,12,17H,5,9,11H2,1-2H3. The van der Waals surface area contributed by atoms with Crippen molar-refractivity contribution in [3.63, 3.8) is 0 Å². The molecule has 2 aromatic carbocycles. The maximum Gasteiger partial charge on any atom is 0.245 e. The van der Waals surface area contributed by atoms with Gasteiger partial charge in [-0.1, -0.05) is 46.6 Å². The van der Waals surface area contributed by atoms with Gasteiger partial charge in [-0.2, -0.15) is 9.29 Å². The van der Waals surface area contributed by atoms with Gasteiger partial charge >= 0.3 is 0 Å². The summed E-state index contributed by atoms with van der Waals surface area (Å²) in [6, 6.07) is 12.2. The number of nitrogens with zero attached hydrogens (tertiary/aromatic N) is 3. The van der Waals surface area contributed by atoms with Gasteiger partial charge in [0.25, 0.3) is 0 Å². The first kappa shape index (κ1) is 19.1. The van der Waals surface area contributed by atoms with Gasteiger partial charge in [-0.3, -0.25) is 0 Å². The van der Waals surface area contributed by atoms with Crippen molar-refractivity contribution in [2.75, 3.05) is 6.54 Å². The fourth-order valence-corrected chi connectivity index (χ4v) is 5.67. The second-order valence-electron chi connectivity index (χ2n) is 6.96. The van der Waals surface area contributed by atoms with Crippen LogP contribution in [-0.2, 0) is 10.0 Å². The summed E-state index contributed by atoms with van der Waals surface area (Å²) in [6.45, 7) is 4.10. The number of aryl methyl sites for hydroxylation is 1. The fourth-order valence-electron chi connectivity index (χ4n) is 3.54. The van der Waals surface area contributed by atoms with Gasteiger partial charge in [-0.05, 0) is 50.5 Å². The number of aromatic nitrogens is 2. The van der Waals surface area contributed by atoms with Gasteiger partial charge in [0, 0.05) is 17.1 Å². The SMILES string of the molecule is Cc1cccc(-c2noc(C3CCCN3S(=O)(=O)c3cccc(Cl)c3C)n2)c1. The summed E-state index contributed by atoms with van der Waals surface area (Å²) in [5, 5.41) is 4.49. The quantitative estimate of drug-likeness (QED) is 0.623. The summed E-state index contributed by atoms with van der Waals surface area (Å²) < 4.78 is 33.5. The lowest BCUT2D eigenvalue weighted by atomic mass is 10.1. The zero-order valence-electron chi connectivity index (χ0n) is 15.6. The van der Waals surface area contributed by atoms with Gasteiger partial charge in [-0.25, -0.2) is 8.42 Å². The fraction of sp³-hybridized carbons (Fsp3) is 0.300. The normalized spacial score (nSPS) is 17.9. The smallest absolute Gasteiger partial charge is 0.245 e. The molecule has 1 fully saturated rings. The predicted molar refractivity (Wildman–Crippen MR) is 107 cm³/mol. The molecule has 2 heterocycles. The Morgan fingerprint density at radius 1 is 1.18 bits per heavy atom. The molecule has 6 nitrogen and oxygen atoms in total. The number of hydrogen-bond donors (Lipinski definition) is 0. The monoisotopic (exact) mass is 417 g/mol. The van der Waals surface area contributed by atoms with E-state index in [4.69, 9.17) is 16.1 Å². The second kappa shape index (κ2) is 7.31. The van der Waals surface area contributed by atoms with Gasteiger partial charge in [-0.15, -0.1) is 0 Å². The Hall–Kier alpha value is -2.22. The molecular formula is C20H20ClN3O3S. The molecular weight excluding hydrogens is 398 g/mol. The van der Waals surface area contributed by atoms with Crippen molar-refractivity contribution in [3.05, 3.63) is 64.5 Å². The molecule has 0 amide bonds.